The Morgan fingerprint density at radius 1 is 0.929 bits per heavy atom. The van der Waals surface area contributed by atoms with Crippen molar-refractivity contribution >= 4 is 23.2 Å². The van der Waals surface area contributed by atoms with Gasteiger partial charge < -0.3 is 19.5 Å². The normalized spacial score (nSPS) is 10.2. The van der Waals surface area contributed by atoms with E-state index in [1.165, 1.54) is 0 Å². The van der Waals surface area contributed by atoms with Gasteiger partial charge in [-0.15, -0.1) is 0 Å². The predicted molar refractivity (Wildman–Crippen MR) is 110 cm³/mol. The van der Waals surface area contributed by atoms with Crippen LogP contribution in [0.1, 0.15) is 15.9 Å². The van der Waals surface area contributed by atoms with Crippen molar-refractivity contribution in [2.75, 3.05) is 19.5 Å². The van der Waals surface area contributed by atoms with Gasteiger partial charge in [-0.25, -0.2) is 0 Å². The van der Waals surface area contributed by atoms with Crippen molar-refractivity contribution in [3.63, 3.8) is 0 Å². The van der Waals surface area contributed by atoms with Crippen LogP contribution >= 0.6 is 11.6 Å². The molecule has 1 N–H and O–H groups in total. The van der Waals surface area contributed by atoms with Gasteiger partial charge in [0.1, 0.15) is 23.9 Å². The smallest absolute Gasteiger partial charge is 0.255 e. The van der Waals surface area contributed by atoms with Crippen molar-refractivity contribution in [2.45, 2.75) is 6.61 Å². The van der Waals surface area contributed by atoms with Gasteiger partial charge in [-0.1, -0.05) is 23.7 Å². The lowest BCUT2D eigenvalue weighted by molar-refractivity contribution is 0.102. The third-order valence-electron chi connectivity index (χ3n) is 4.11. The third kappa shape index (κ3) is 4.75. The highest BCUT2D eigenvalue weighted by Gasteiger charge is 2.12. The summed E-state index contributed by atoms with van der Waals surface area (Å²) < 4.78 is 16.3. The second kappa shape index (κ2) is 9.15. The average Bonchev–Trinajstić information content (AvgIpc) is 2.73. The molecule has 5 nitrogen and oxygen atoms in total. The van der Waals surface area contributed by atoms with Crippen LogP contribution in [0.5, 0.6) is 17.2 Å². The van der Waals surface area contributed by atoms with Crippen molar-refractivity contribution in [3.05, 3.63) is 82.9 Å². The minimum Gasteiger partial charge on any atom is -0.497 e. The van der Waals surface area contributed by atoms with E-state index >= 15 is 0 Å². The van der Waals surface area contributed by atoms with Crippen LogP contribution in [0.3, 0.4) is 0 Å². The van der Waals surface area contributed by atoms with Crippen molar-refractivity contribution in [1.29, 1.82) is 0 Å². The van der Waals surface area contributed by atoms with Gasteiger partial charge in [0.05, 0.1) is 19.2 Å². The fourth-order valence-electron chi connectivity index (χ4n) is 2.63. The van der Waals surface area contributed by atoms with Crippen LogP contribution in [0.4, 0.5) is 5.69 Å². The first kappa shape index (κ1) is 19.6. The summed E-state index contributed by atoms with van der Waals surface area (Å²) in [7, 11) is 3.17. The Labute approximate surface area is 168 Å². The zero-order valence-corrected chi connectivity index (χ0v) is 16.3. The molecule has 0 unspecified atom stereocenters. The minimum absolute atomic E-state index is 0.219. The van der Waals surface area contributed by atoms with E-state index in [1.807, 2.05) is 12.1 Å². The molecule has 0 radical (unpaired) electrons. The van der Waals surface area contributed by atoms with Crippen LogP contribution < -0.4 is 19.5 Å². The van der Waals surface area contributed by atoms with E-state index < -0.39 is 0 Å². The number of ether oxygens (including phenoxy) is 3. The fraction of sp³-hybridized carbons (Fsp3) is 0.136. The van der Waals surface area contributed by atoms with Gasteiger partial charge in [0, 0.05) is 16.8 Å². The van der Waals surface area contributed by atoms with Gasteiger partial charge >= 0.3 is 0 Å². The number of halogens is 1. The Bertz CT molecular complexity index is 957. The number of carbonyl (C=O) groups is 1. The molecule has 3 rings (SSSR count). The number of para-hydroxylation sites is 1. The lowest BCUT2D eigenvalue weighted by Crippen LogP contribution is -2.12. The summed E-state index contributed by atoms with van der Waals surface area (Å²) in [6, 6.07) is 19.5. The largest absolute Gasteiger partial charge is 0.497 e. The summed E-state index contributed by atoms with van der Waals surface area (Å²) in [5, 5.41) is 3.38. The molecule has 0 atom stereocenters. The molecule has 0 heterocycles. The van der Waals surface area contributed by atoms with E-state index in [2.05, 4.69) is 5.32 Å². The molecular weight excluding hydrogens is 378 g/mol. The van der Waals surface area contributed by atoms with Crippen LogP contribution in [0.15, 0.2) is 66.7 Å². The molecule has 0 saturated carbocycles. The number of rotatable bonds is 7. The summed E-state index contributed by atoms with van der Waals surface area (Å²) in [6.45, 7) is 0.219. The van der Waals surface area contributed by atoms with E-state index in [9.17, 15) is 4.79 Å². The first-order chi connectivity index (χ1) is 13.6. The fourth-order valence-corrected chi connectivity index (χ4v) is 2.82. The van der Waals surface area contributed by atoms with Gasteiger partial charge in [0.25, 0.3) is 5.91 Å². The zero-order chi connectivity index (χ0) is 19.9. The molecule has 3 aromatic rings. The number of methoxy groups -OCH3 is 2. The van der Waals surface area contributed by atoms with Crippen LogP contribution in [0.2, 0.25) is 5.02 Å². The Kier molecular flexibility index (Phi) is 6.40. The topological polar surface area (TPSA) is 56.8 Å². The van der Waals surface area contributed by atoms with Crippen LogP contribution in [0, 0.1) is 0 Å². The molecule has 0 bridgehead atoms. The van der Waals surface area contributed by atoms with Gasteiger partial charge in [0.15, 0.2) is 0 Å². The molecule has 0 spiro atoms. The van der Waals surface area contributed by atoms with Crippen molar-refractivity contribution in [1.82, 2.24) is 0 Å². The van der Waals surface area contributed by atoms with Gasteiger partial charge in [-0.05, 0) is 54.6 Å². The summed E-state index contributed by atoms with van der Waals surface area (Å²) in [4.78, 5) is 12.6. The van der Waals surface area contributed by atoms with E-state index in [1.54, 1.807) is 68.8 Å². The highest BCUT2D eigenvalue weighted by atomic mass is 35.5. The number of carbonyl (C=O) groups excluding carboxylic acids is 1. The standard InChI is InChI=1S/C22H20ClNO4/c1-26-18-10-8-17(9-11-18)24-22(25)15-7-12-20(27-2)16(13-15)14-28-21-6-4-3-5-19(21)23/h3-13H,14H2,1-2H3,(H,24,25). The molecule has 28 heavy (non-hydrogen) atoms. The molecule has 0 fully saturated rings. The highest BCUT2D eigenvalue weighted by molar-refractivity contribution is 6.32. The molecule has 144 valence electrons. The molecule has 0 saturated heterocycles. The number of hydrogen-bond acceptors (Lipinski definition) is 4. The van der Waals surface area contributed by atoms with Crippen LogP contribution in [-0.4, -0.2) is 20.1 Å². The summed E-state index contributed by atoms with van der Waals surface area (Å²) >= 11 is 6.13. The average molecular weight is 398 g/mol. The first-order valence-electron chi connectivity index (χ1n) is 8.60. The maximum Gasteiger partial charge on any atom is 0.255 e. The van der Waals surface area contributed by atoms with E-state index in [-0.39, 0.29) is 12.5 Å². The third-order valence-corrected chi connectivity index (χ3v) is 4.42. The van der Waals surface area contributed by atoms with Crippen LogP contribution in [-0.2, 0) is 6.61 Å². The second-order valence-corrected chi connectivity index (χ2v) is 6.34. The predicted octanol–water partition coefficient (Wildman–Crippen LogP) is 5.19. The maximum atomic E-state index is 12.6. The summed E-state index contributed by atoms with van der Waals surface area (Å²) in [6.07, 6.45) is 0. The monoisotopic (exact) mass is 397 g/mol. The van der Waals surface area contributed by atoms with Crippen molar-refractivity contribution < 1.29 is 19.0 Å². The lowest BCUT2D eigenvalue weighted by Gasteiger charge is -2.13. The zero-order valence-electron chi connectivity index (χ0n) is 15.6. The SMILES string of the molecule is COc1ccc(NC(=O)c2ccc(OC)c(COc3ccccc3Cl)c2)cc1. The molecule has 1 amide bonds. The molecule has 6 heteroatoms. The quantitative estimate of drug-likeness (QED) is 0.596. The molecule has 0 aliphatic heterocycles. The molecule has 0 aromatic heterocycles. The van der Waals surface area contributed by atoms with Gasteiger partial charge in [-0.3, -0.25) is 4.79 Å². The van der Waals surface area contributed by atoms with Gasteiger partial charge in [-0.2, -0.15) is 0 Å². The summed E-state index contributed by atoms with van der Waals surface area (Å²) in [5.41, 5.74) is 1.91. The molecule has 3 aromatic carbocycles. The Balaban J connectivity index is 1.75. The molecule has 0 aliphatic carbocycles. The second-order valence-electron chi connectivity index (χ2n) is 5.93. The molecule has 0 aliphatic rings. The van der Waals surface area contributed by atoms with Crippen molar-refractivity contribution in [2.24, 2.45) is 0 Å². The van der Waals surface area contributed by atoms with E-state index in [0.717, 1.165) is 11.3 Å². The maximum absolute atomic E-state index is 12.6. The first-order valence-corrected chi connectivity index (χ1v) is 8.98. The number of anilines is 1. The summed E-state index contributed by atoms with van der Waals surface area (Å²) in [5.74, 6) is 1.70. The molecular formula is C22H20ClNO4. The Hall–Kier alpha value is -3.18. The number of benzene rings is 3. The van der Waals surface area contributed by atoms with E-state index in [0.29, 0.717) is 27.8 Å². The Morgan fingerprint density at radius 2 is 1.68 bits per heavy atom. The van der Waals surface area contributed by atoms with E-state index in [4.69, 9.17) is 25.8 Å². The number of nitrogens with one attached hydrogen (secondary N) is 1. The Morgan fingerprint density at radius 3 is 2.36 bits per heavy atom. The highest BCUT2D eigenvalue weighted by Crippen LogP contribution is 2.27. The van der Waals surface area contributed by atoms with Gasteiger partial charge in [0.2, 0.25) is 0 Å². The number of hydrogen-bond donors (Lipinski definition) is 1. The lowest BCUT2D eigenvalue weighted by atomic mass is 10.1. The number of amides is 1. The van der Waals surface area contributed by atoms with Crippen LogP contribution in [0.25, 0.3) is 0 Å². The van der Waals surface area contributed by atoms with Crippen molar-refractivity contribution in [3.8, 4) is 17.2 Å². The minimum atomic E-state index is -0.230.